The summed E-state index contributed by atoms with van der Waals surface area (Å²) in [5.41, 5.74) is 5.99. The van der Waals surface area contributed by atoms with Crippen molar-refractivity contribution in [3.05, 3.63) is 0 Å². The van der Waals surface area contributed by atoms with Crippen LogP contribution in [-0.4, -0.2) is 25.3 Å². The van der Waals surface area contributed by atoms with E-state index in [1.807, 2.05) is 0 Å². The van der Waals surface area contributed by atoms with Crippen molar-refractivity contribution >= 4 is 5.71 Å². The van der Waals surface area contributed by atoms with Crippen molar-refractivity contribution in [1.29, 1.82) is 5.41 Å². The lowest BCUT2D eigenvalue weighted by molar-refractivity contribution is 0.667. The van der Waals surface area contributed by atoms with Crippen molar-refractivity contribution in [2.45, 2.75) is 19.8 Å². The summed E-state index contributed by atoms with van der Waals surface area (Å²) in [6.07, 6.45) is 2.19. The van der Waals surface area contributed by atoms with Crippen LogP contribution < -0.4 is 11.1 Å². The minimum Gasteiger partial charge on any atom is -0.330 e. The molecule has 0 aliphatic carbocycles. The van der Waals surface area contributed by atoms with E-state index < -0.39 is 0 Å². The van der Waals surface area contributed by atoms with Gasteiger partial charge in [0.2, 0.25) is 0 Å². The number of nitrogens with one attached hydrogen (secondary N) is 2. The van der Waals surface area contributed by atoms with Crippen LogP contribution in [0.1, 0.15) is 19.8 Å². The summed E-state index contributed by atoms with van der Waals surface area (Å²) in [7, 11) is 0. The third-order valence-electron chi connectivity index (χ3n) is 1.20. The Hall–Kier alpha value is -0.410. The quantitative estimate of drug-likeness (QED) is 0.371. The molecule has 0 heterocycles. The lowest BCUT2D eigenvalue weighted by Gasteiger charge is -2.00. The second kappa shape index (κ2) is 6.71. The summed E-state index contributed by atoms with van der Waals surface area (Å²) < 4.78 is 0. The van der Waals surface area contributed by atoms with Crippen molar-refractivity contribution in [3.63, 3.8) is 0 Å². The third kappa shape index (κ3) is 7.59. The molecule has 60 valence electrons. The van der Waals surface area contributed by atoms with Crippen LogP contribution in [0.2, 0.25) is 0 Å². The number of nitrogens with two attached hydrogens (primary N) is 1. The molecule has 10 heavy (non-hydrogen) atoms. The molecule has 0 aromatic rings. The zero-order chi connectivity index (χ0) is 7.82. The van der Waals surface area contributed by atoms with Crippen molar-refractivity contribution in [3.8, 4) is 0 Å². The van der Waals surface area contributed by atoms with Gasteiger partial charge in [-0.05, 0) is 32.9 Å². The molecule has 0 fully saturated rings. The van der Waals surface area contributed by atoms with Gasteiger partial charge in [0.15, 0.2) is 0 Å². The topological polar surface area (TPSA) is 61.9 Å². The van der Waals surface area contributed by atoms with E-state index in [0.717, 1.165) is 25.9 Å². The van der Waals surface area contributed by atoms with E-state index in [1.54, 1.807) is 6.92 Å². The first kappa shape index (κ1) is 9.59. The molecule has 0 spiro atoms. The number of hydrogen-bond donors (Lipinski definition) is 3. The van der Waals surface area contributed by atoms with Crippen LogP contribution >= 0.6 is 0 Å². The Bertz CT molecular complexity index is 90.9. The molecule has 0 rings (SSSR count). The zero-order valence-electron chi connectivity index (χ0n) is 6.61. The van der Waals surface area contributed by atoms with Gasteiger partial charge < -0.3 is 16.5 Å². The van der Waals surface area contributed by atoms with Gasteiger partial charge in [0.1, 0.15) is 0 Å². The fourth-order valence-electron chi connectivity index (χ4n) is 0.670. The van der Waals surface area contributed by atoms with E-state index in [0.29, 0.717) is 12.3 Å². The first-order valence-electron chi connectivity index (χ1n) is 3.72. The predicted molar refractivity (Wildman–Crippen MR) is 44.6 cm³/mol. The Morgan fingerprint density at radius 1 is 1.50 bits per heavy atom. The van der Waals surface area contributed by atoms with Crippen molar-refractivity contribution in [1.82, 2.24) is 5.32 Å². The highest BCUT2D eigenvalue weighted by molar-refractivity contribution is 5.80. The maximum atomic E-state index is 7.09. The summed E-state index contributed by atoms with van der Waals surface area (Å²) in [4.78, 5) is 0. The molecule has 0 aromatic carbocycles. The SMILES string of the molecule is CC(=N)CNCCCCN. The van der Waals surface area contributed by atoms with E-state index in [1.165, 1.54) is 0 Å². The van der Waals surface area contributed by atoms with Gasteiger partial charge in [-0.25, -0.2) is 0 Å². The van der Waals surface area contributed by atoms with Gasteiger partial charge in [-0.2, -0.15) is 0 Å². The number of rotatable bonds is 6. The van der Waals surface area contributed by atoms with E-state index in [2.05, 4.69) is 5.32 Å². The Balaban J connectivity index is 2.84. The minimum atomic E-state index is 0.688. The average molecular weight is 143 g/mol. The highest BCUT2D eigenvalue weighted by atomic mass is 14.9. The van der Waals surface area contributed by atoms with Gasteiger partial charge in [-0.1, -0.05) is 0 Å². The molecule has 0 unspecified atom stereocenters. The Morgan fingerprint density at radius 2 is 2.20 bits per heavy atom. The molecule has 0 atom stereocenters. The van der Waals surface area contributed by atoms with Gasteiger partial charge in [0.05, 0.1) is 0 Å². The molecule has 0 aromatic heterocycles. The average Bonchev–Trinajstić information content (AvgIpc) is 1.87. The van der Waals surface area contributed by atoms with Crippen molar-refractivity contribution in [2.75, 3.05) is 19.6 Å². The fraction of sp³-hybridized carbons (Fsp3) is 0.857. The molecular formula is C7H17N3. The summed E-state index contributed by atoms with van der Waals surface area (Å²) in [6, 6.07) is 0. The standard InChI is InChI=1S/C7H17N3/c1-7(9)6-10-5-3-2-4-8/h9-10H,2-6,8H2,1H3. The smallest absolute Gasteiger partial charge is 0.0329 e. The van der Waals surface area contributed by atoms with E-state index >= 15 is 0 Å². The largest absolute Gasteiger partial charge is 0.330 e. The van der Waals surface area contributed by atoms with Crippen LogP contribution in [0.3, 0.4) is 0 Å². The Kier molecular flexibility index (Phi) is 6.43. The molecule has 0 saturated heterocycles. The molecule has 3 nitrogen and oxygen atoms in total. The lowest BCUT2D eigenvalue weighted by atomic mass is 10.3. The van der Waals surface area contributed by atoms with Crippen LogP contribution in [-0.2, 0) is 0 Å². The van der Waals surface area contributed by atoms with E-state index in [4.69, 9.17) is 11.1 Å². The normalized spacial score (nSPS) is 9.80. The first-order valence-corrected chi connectivity index (χ1v) is 3.72. The highest BCUT2D eigenvalue weighted by Gasteiger charge is 1.87. The molecule has 0 aliphatic heterocycles. The van der Waals surface area contributed by atoms with E-state index in [-0.39, 0.29) is 0 Å². The van der Waals surface area contributed by atoms with E-state index in [9.17, 15) is 0 Å². The Labute approximate surface area is 62.5 Å². The summed E-state index contributed by atoms with van der Waals surface area (Å²) in [5.74, 6) is 0. The molecule has 3 heteroatoms. The van der Waals surface area contributed by atoms with Crippen molar-refractivity contribution < 1.29 is 0 Å². The molecule has 0 radical (unpaired) electrons. The number of unbranched alkanes of at least 4 members (excludes halogenated alkanes) is 1. The van der Waals surface area contributed by atoms with Gasteiger partial charge in [0, 0.05) is 12.3 Å². The van der Waals surface area contributed by atoms with Crippen LogP contribution in [0.4, 0.5) is 0 Å². The summed E-state index contributed by atoms with van der Waals surface area (Å²) in [6.45, 7) is 4.26. The highest BCUT2D eigenvalue weighted by Crippen LogP contribution is 1.81. The monoisotopic (exact) mass is 143 g/mol. The fourth-order valence-corrected chi connectivity index (χ4v) is 0.670. The van der Waals surface area contributed by atoms with Gasteiger partial charge in [-0.15, -0.1) is 0 Å². The molecular weight excluding hydrogens is 126 g/mol. The first-order chi connectivity index (χ1) is 4.77. The molecule has 0 amide bonds. The summed E-state index contributed by atoms with van der Waals surface area (Å²) in [5, 5.41) is 10.2. The van der Waals surface area contributed by atoms with Crippen LogP contribution in [0, 0.1) is 5.41 Å². The molecule has 0 aliphatic rings. The minimum absolute atomic E-state index is 0.688. The van der Waals surface area contributed by atoms with Crippen LogP contribution in [0.25, 0.3) is 0 Å². The maximum Gasteiger partial charge on any atom is 0.0329 e. The van der Waals surface area contributed by atoms with Gasteiger partial charge >= 0.3 is 0 Å². The Morgan fingerprint density at radius 3 is 2.70 bits per heavy atom. The number of hydrogen-bond acceptors (Lipinski definition) is 3. The third-order valence-corrected chi connectivity index (χ3v) is 1.20. The van der Waals surface area contributed by atoms with Crippen molar-refractivity contribution in [2.24, 2.45) is 5.73 Å². The van der Waals surface area contributed by atoms with Crippen LogP contribution in [0.15, 0.2) is 0 Å². The molecule has 0 saturated carbocycles. The summed E-state index contributed by atoms with van der Waals surface area (Å²) >= 11 is 0. The second-order valence-corrected chi connectivity index (χ2v) is 2.45. The van der Waals surface area contributed by atoms with Crippen LogP contribution in [0.5, 0.6) is 0 Å². The lowest BCUT2D eigenvalue weighted by Crippen LogP contribution is -2.22. The van der Waals surface area contributed by atoms with Gasteiger partial charge in [0.25, 0.3) is 0 Å². The molecule has 4 N–H and O–H groups in total. The van der Waals surface area contributed by atoms with Gasteiger partial charge in [-0.3, -0.25) is 0 Å². The predicted octanol–water partition coefficient (Wildman–Crippen LogP) is 0.355. The maximum absolute atomic E-state index is 7.09. The second-order valence-electron chi connectivity index (χ2n) is 2.45. The molecule has 0 bridgehead atoms. The zero-order valence-corrected chi connectivity index (χ0v) is 6.61.